The number of aliphatic carboxylic acids is 1. The number of amides is 1. The zero-order chi connectivity index (χ0) is 16.9. The summed E-state index contributed by atoms with van der Waals surface area (Å²) < 4.78 is 5.08. The summed E-state index contributed by atoms with van der Waals surface area (Å²) in [5, 5.41) is 15.7. The molecule has 1 unspecified atom stereocenters. The molecule has 6 nitrogen and oxygen atoms in total. The minimum absolute atomic E-state index is 0.0279. The van der Waals surface area contributed by atoms with E-state index in [2.05, 4.69) is 10.5 Å². The lowest BCUT2D eigenvalue weighted by Gasteiger charge is -2.33. The van der Waals surface area contributed by atoms with Gasteiger partial charge in [-0.15, -0.1) is 11.8 Å². The molecule has 124 valence electrons. The van der Waals surface area contributed by atoms with Crippen molar-refractivity contribution in [1.29, 1.82) is 0 Å². The Bertz CT molecular complexity index is 522. The van der Waals surface area contributed by atoms with Crippen molar-refractivity contribution in [1.82, 2.24) is 10.5 Å². The molecule has 1 heterocycles. The first-order valence-electron chi connectivity index (χ1n) is 7.18. The fourth-order valence-electron chi connectivity index (χ4n) is 2.02. The molecule has 0 bridgehead atoms. The molecule has 0 saturated heterocycles. The van der Waals surface area contributed by atoms with Crippen molar-refractivity contribution in [3.8, 4) is 0 Å². The van der Waals surface area contributed by atoms with Gasteiger partial charge in [-0.1, -0.05) is 19.0 Å². The molecule has 0 aliphatic carbocycles. The van der Waals surface area contributed by atoms with Crippen molar-refractivity contribution in [2.24, 2.45) is 5.92 Å². The minimum atomic E-state index is -0.917. The van der Waals surface area contributed by atoms with E-state index in [9.17, 15) is 9.59 Å². The monoisotopic (exact) mass is 328 g/mol. The number of thioether (sulfide) groups is 1. The Balaban J connectivity index is 2.53. The summed E-state index contributed by atoms with van der Waals surface area (Å²) in [4.78, 5) is 23.1. The predicted molar refractivity (Wildman–Crippen MR) is 85.8 cm³/mol. The summed E-state index contributed by atoms with van der Waals surface area (Å²) in [6.07, 6.45) is -0.0923. The summed E-state index contributed by atoms with van der Waals surface area (Å²) in [6, 6.07) is 0. The van der Waals surface area contributed by atoms with E-state index in [4.69, 9.17) is 9.63 Å². The van der Waals surface area contributed by atoms with Crippen molar-refractivity contribution in [2.75, 3.05) is 5.75 Å². The van der Waals surface area contributed by atoms with Gasteiger partial charge in [0, 0.05) is 16.9 Å². The zero-order valence-electron chi connectivity index (χ0n) is 13.7. The molecule has 0 saturated carbocycles. The molecule has 1 atom stereocenters. The molecular weight excluding hydrogens is 304 g/mol. The van der Waals surface area contributed by atoms with Gasteiger partial charge in [0.2, 0.25) is 5.91 Å². The maximum Gasteiger partial charge on any atom is 0.305 e. The Morgan fingerprint density at radius 2 is 2.05 bits per heavy atom. The Morgan fingerprint density at radius 1 is 1.41 bits per heavy atom. The fourth-order valence-corrected chi connectivity index (χ4v) is 2.99. The van der Waals surface area contributed by atoms with E-state index in [-0.39, 0.29) is 24.0 Å². The van der Waals surface area contributed by atoms with E-state index in [0.717, 1.165) is 17.0 Å². The van der Waals surface area contributed by atoms with Crippen LogP contribution in [0.5, 0.6) is 0 Å². The van der Waals surface area contributed by atoms with Crippen LogP contribution in [0.1, 0.15) is 44.2 Å². The first-order chi connectivity index (χ1) is 10.2. The van der Waals surface area contributed by atoms with E-state index < -0.39 is 11.5 Å². The number of nitrogens with zero attached hydrogens (tertiary/aromatic N) is 1. The van der Waals surface area contributed by atoms with E-state index in [1.165, 1.54) is 11.8 Å². The van der Waals surface area contributed by atoms with Gasteiger partial charge in [-0.3, -0.25) is 9.59 Å². The maximum atomic E-state index is 12.1. The molecule has 0 aromatic carbocycles. The van der Waals surface area contributed by atoms with E-state index in [1.54, 1.807) is 6.92 Å². The zero-order valence-corrected chi connectivity index (χ0v) is 14.5. The molecule has 0 fully saturated rings. The number of carbonyl (C=O) groups is 2. The molecule has 1 rings (SSSR count). The van der Waals surface area contributed by atoms with Crippen LogP contribution in [0.2, 0.25) is 0 Å². The molecule has 1 amide bonds. The van der Waals surface area contributed by atoms with Crippen LogP contribution >= 0.6 is 11.8 Å². The smallest absolute Gasteiger partial charge is 0.305 e. The van der Waals surface area contributed by atoms with Gasteiger partial charge in [0.25, 0.3) is 0 Å². The summed E-state index contributed by atoms with van der Waals surface area (Å²) in [7, 11) is 0. The fraction of sp³-hybridized carbons (Fsp3) is 0.667. The Morgan fingerprint density at radius 3 is 2.50 bits per heavy atom. The van der Waals surface area contributed by atoms with Crippen LogP contribution in [0, 0.1) is 19.8 Å². The third-order valence-corrected chi connectivity index (χ3v) is 4.84. The molecule has 22 heavy (non-hydrogen) atoms. The van der Waals surface area contributed by atoms with E-state index in [1.807, 2.05) is 27.7 Å². The van der Waals surface area contributed by atoms with Gasteiger partial charge in [0.1, 0.15) is 5.76 Å². The molecule has 2 N–H and O–H groups in total. The van der Waals surface area contributed by atoms with Crippen molar-refractivity contribution in [2.45, 2.75) is 52.3 Å². The Kier molecular flexibility index (Phi) is 6.47. The summed E-state index contributed by atoms with van der Waals surface area (Å²) in [6.45, 7) is 9.29. The highest BCUT2D eigenvalue weighted by Gasteiger charge is 2.32. The van der Waals surface area contributed by atoms with Crippen LogP contribution in [-0.4, -0.2) is 33.4 Å². The average Bonchev–Trinajstić information content (AvgIpc) is 2.69. The van der Waals surface area contributed by atoms with Crippen LogP contribution < -0.4 is 5.32 Å². The predicted octanol–water partition coefficient (Wildman–Crippen LogP) is 2.53. The number of aryl methyl sites for hydroxylation is 2. The maximum absolute atomic E-state index is 12.1. The largest absolute Gasteiger partial charge is 0.481 e. The average molecular weight is 328 g/mol. The third-order valence-electron chi connectivity index (χ3n) is 3.88. The second-order valence-corrected chi connectivity index (χ2v) is 6.97. The quantitative estimate of drug-likeness (QED) is 0.762. The molecule has 1 aromatic heterocycles. The van der Waals surface area contributed by atoms with Crippen molar-refractivity contribution < 1.29 is 19.2 Å². The highest BCUT2D eigenvalue weighted by molar-refractivity contribution is 7.99. The molecule has 0 spiro atoms. The molecule has 1 aromatic rings. The number of hydrogen-bond acceptors (Lipinski definition) is 5. The summed E-state index contributed by atoms with van der Waals surface area (Å²) in [5.74, 6) is 0.634. The highest BCUT2D eigenvalue weighted by Crippen LogP contribution is 2.22. The first kappa shape index (κ1) is 18.5. The standard InChI is InChI=1S/C15H24N2O4S/c1-9(2)15(5,6-14(19)20)16-13(18)8-22-7-12-10(3)17-21-11(12)4/h9H,6-8H2,1-5H3,(H,16,18)(H,19,20). The Labute approximate surface area is 135 Å². The van der Waals surface area contributed by atoms with E-state index in [0.29, 0.717) is 5.75 Å². The molecule has 0 aliphatic heterocycles. The number of rotatable bonds is 8. The minimum Gasteiger partial charge on any atom is -0.481 e. The van der Waals surface area contributed by atoms with Crippen molar-refractivity contribution >= 4 is 23.6 Å². The Hall–Kier alpha value is -1.50. The summed E-state index contributed by atoms with van der Waals surface area (Å²) in [5.41, 5.74) is 1.10. The van der Waals surface area contributed by atoms with Gasteiger partial charge in [-0.25, -0.2) is 0 Å². The lowest BCUT2D eigenvalue weighted by molar-refractivity contribution is -0.139. The number of carboxylic acid groups (broad SMARTS) is 1. The molecule has 0 aliphatic rings. The summed E-state index contributed by atoms with van der Waals surface area (Å²) >= 11 is 1.46. The van der Waals surface area contributed by atoms with Gasteiger partial charge in [-0.05, 0) is 26.7 Å². The highest BCUT2D eigenvalue weighted by atomic mass is 32.2. The number of carboxylic acids is 1. The second-order valence-electron chi connectivity index (χ2n) is 5.99. The van der Waals surface area contributed by atoms with Crippen LogP contribution in [0.4, 0.5) is 0 Å². The van der Waals surface area contributed by atoms with Crippen LogP contribution in [0.15, 0.2) is 4.52 Å². The van der Waals surface area contributed by atoms with Crippen molar-refractivity contribution in [3.05, 3.63) is 17.0 Å². The van der Waals surface area contributed by atoms with Crippen LogP contribution in [-0.2, 0) is 15.3 Å². The third kappa shape index (κ3) is 5.05. The lowest BCUT2D eigenvalue weighted by Crippen LogP contribution is -2.51. The number of carbonyl (C=O) groups excluding carboxylic acids is 1. The van der Waals surface area contributed by atoms with Gasteiger partial charge in [0.05, 0.1) is 17.9 Å². The topological polar surface area (TPSA) is 92.4 Å². The van der Waals surface area contributed by atoms with Gasteiger partial charge >= 0.3 is 5.97 Å². The molecule has 7 heteroatoms. The first-order valence-corrected chi connectivity index (χ1v) is 8.33. The van der Waals surface area contributed by atoms with Crippen molar-refractivity contribution in [3.63, 3.8) is 0 Å². The van der Waals surface area contributed by atoms with E-state index >= 15 is 0 Å². The van der Waals surface area contributed by atoms with Gasteiger partial charge in [-0.2, -0.15) is 0 Å². The molecule has 0 radical (unpaired) electrons. The second kappa shape index (κ2) is 7.67. The number of nitrogens with one attached hydrogen (secondary N) is 1. The van der Waals surface area contributed by atoms with Crippen LogP contribution in [0.3, 0.4) is 0 Å². The number of aromatic nitrogens is 1. The molecular formula is C15H24N2O4S. The van der Waals surface area contributed by atoms with Gasteiger partial charge in [0.15, 0.2) is 0 Å². The normalized spacial score (nSPS) is 13.9. The van der Waals surface area contributed by atoms with Gasteiger partial charge < -0.3 is 14.9 Å². The number of hydrogen-bond donors (Lipinski definition) is 2. The lowest BCUT2D eigenvalue weighted by atomic mass is 9.85. The van der Waals surface area contributed by atoms with Crippen LogP contribution in [0.25, 0.3) is 0 Å². The SMILES string of the molecule is Cc1noc(C)c1CSCC(=O)NC(C)(CC(=O)O)C(C)C.